The van der Waals surface area contributed by atoms with Crippen LogP contribution in [0.15, 0.2) is 0 Å². The molecule has 0 spiro atoms. The quantitative estimate of drug-likeness (QED) is 0.689. The molecule has 1 atom stereocenters. The molecule has 2 rings (SSSR count). The number of hydrogen-bond acceptors (Lipinski definition) is 3. The second-order valence-electron chi connectivity index (χ2n) is 5.01. The van der Waals surface area contributed by atoms with Gasteiger partial charge in [0, 0.05) is 19.6 Å². The molecular weight excluding hydrogens is 208 g/mol. The summed E-state index contributed by atoms with van der Waals surface area (Å²) in [4.78, 5) is 26.9. The van der Waals surface area contributed by atoms with E-state index in [4.69, 9.17) is 5.11 Å². The van der Waals surface area contributed by atoms with Crippen LogP contribution in [0, 0.1) is 5.41 Å². The van der Waals surface area contributed by atoms with Crippen LogP contribution >= 0.6 is 0 Å². The number of nitrogens with zero attached hydrogens (tertiary/aromatic N) is 2. The van der Waals surface area contributed by atoms with Gasteiger partial charge in [-0.2, -0.15) is 0 Å². The zero-order valence-corrected chi connectivity index (χ0v) is 9.77. The highest BCUT2D eigenvalue weighted by Crippen LogP contribution is 2.47. The van der Waals surface area contributed by atoms with Gasteiger partial charge in [-0.1, -0.05) is 0 Å². The van der Waals surface area contributed by atoms with Gasteiger partial charge in [0.2, 0.25) is 5.91 Å². The molecule has 1 aliphatic carbocycles. The Morgan fingerprint density at radius 1 is 1.44 bits per heavy atom. The molecular formula is C11H18N2O3. The van der Waals surface area contributed by atoms with Crippen LogP contribution in [0.25, 0.3) is 0 Å². The minimum Gasteiger partial charge on any atom is -0.480 e. The van der Waals surface area contributed by atoms with Crippen molar-refractivity contribution in [2.24, 2.45) is 5.41 Å². The summed E-state index contributed by atoms with van der Waals surface area (Å²) in [6.07, 6.45) is 1.93. The number of likely N-dealkylation sites (tertiary alicyclic amines) is 1. The van der Waals surface area contributed by atoms with Crippen LogP contribution in [-0.4, -0.2) is 60.0 Å². The predicted octanol–water partition coefficient (Wildman–Crippen LogP) is 0.0137. The second-order valence-corrected chi connectivity index (χ2v) is 5.01. The summed E-state index contributed by atoms with van der Waals surface area (Å²) in [6.45, 7) is 1.82. The molecule has 1 saturated heterocycles. The van der Waals surface area contributed by atoms with Crippen molar-refractivity contribution in [2.45, 2.75) is 25.3 Å². The molecule has 0 aromatic carbocycles. The summed E-state index contributed by atoms with van der Waals surface area (Å²) < 4.78 is 0. The number of aliphatic carboxylic acids is 1. The van der Waals surface area contributed by atoms with Gasteiger partial charge < -0.3 is 14.9 Å². The number of amides is 1. The normalized spacial score (nSPS) is 27.8. The summed E-state index contributed by atoms with van der Waals surface area (Å²) >= 11 is 0. The summed E-state index contributed by atoms with van der Waals surface area (Å²) in [6, 6.07) is 0.175. The predicted molar refractivity (Wildman–Crippen MR) is 58.0 cm³/mol. The highest BCUT2D eigenvalue weighted by atomic mass is 16.4. The molecule has 5 heteroatoms. The number of hydrogen-bond donors (Lipinski definition) is 1. The van der Waals surface area contributed by atoms with Crippen molar-refractivity contribution in [1.82, 2.24) is 9.80 Å². The first-order chi connectivity index (χ1) is 7.47. The summed E-state index contributed by atoms with van der Waals surface area (Å²) in [5.74, 6) is -1.17. The fraction of sp³-hybridized carbons (Fsp3) is 0.818. The maximum Gasteiger partial charge on any atom is 0.319 e. The Labute approximate surface area is 95.0 Å². The number of likely N-dealkylation sites (N-methyl/N-ethyl adjacent to an activating group) is 2. The average Bonchev–Trinajstić information content (AvgIpc) is 2.95. The van der Waals surface area contributed by atoms with E-state index in [9.17, 15) is 9.59 Å². The Morgan fingerprint density at radius 2 is 2.06 bits per heavy atom. The van der Waals surface area contributed by atoms with E-state index >= 15 is 0 Å². The van der Waals surface area contributed by atoms with E-state index in [1.165, 1.54) is 0 Å². The average molecular weight is 226 g/mol. The third-order valence-electron chi connectivity index (χ3n) is 3.80. The molecule has 1 amide bonds. The topological polar surface area (TPSA) is 60.9 Å². The lowest BCUT2D eigenvalue weighted by Gasteiger charge is -2.27. The minimum atomic E-state index is -1.09. The van der Waals surface area contributed by atoms with Gasteiger partial charge in [0.1, 0.15) is 5.41 Å². The van der Waals surface area contributed by atoms with E-state index in [-0.39, 0.29) is 11.9 Å². The van der Waals surface area contributed by atoms with Crippen molar-refractivity contribution >= 4 is 11.9 Å². The zero-order valence-electron chi connectivity index (χ0n) is 9.77. The maximum atomic E-state index is 12.1. The molecule has 0 bridgehead atoms. The van der Waals surface area contributed by atoms with Crippen molar-refractivity contribution in [1.29, 1.82) is 0 Å². The molecule has 1 unspecified atom stereocenters. The largest absolute Gasteiger partial charge is 0.480 e. The second kappa shape index (κ2) is 3.73. The molecule has 2 fully saturated rings. The zero-order chi connectivity index (χ0) is 11.9. The summed E-state index contributed by atoms with van der Waals surface area (Å²) in [7, 11) is 3.75. The monoisotopic (exact) mass is 226 g/mol. The number of carbonyl (C=O) groups excluding carboxylic acids is 1. The number of rotatable bonds is 3. The summed E-state index contributed by atoms with van der Waals surface area (Å²) in [5, 5.41) is 9.06. The summed E-state index contributed by atoms with van der Waals surface area (Å²) in [5.41, 5.74) is -1.09. The Kier molecular flexibility index (Phi) is 2.66. The maximum absolute atomic E-state index is 12.1. The molecule has 2 aliphatic rings. The fourth-order valence-corrected chi connectivity index (χ4v) is 2.38. The van der Waals surface area contributed by atoms with E-state index in [0.717, 1.165) is 19.5 Å². The number of carboxylic acids is 1. The van der Waals surface area contributed by atoms with Crippen molar-refractivity contribution in [3.63, 3.8) is 0 Å². The third-order valence-corrected chi connectivity index (χ3v) is 3.80. The van der Waals surface area contributed by atoms with E-state index in [2.05, 4.69) is 4.90 Å². The smallest absolute Gasteiger partial charge is 0.319 e. The lowest BCUT2D eigenvalue weighted by atomic mass is 10.0. The lowest BCUT2D eigenvalue weighted by Crippen LogP contribution is -2.45. The van der Waals surface area contributed by atoms with Crippen molar-refractivity contribution < 1.29 is 14.7 Å². The highest BCUT2D eigenvalue weighted by Gasteiger charge is 2.58. The molecule has 16 heavy (non-hydrogen) atoms. The van der Waals surface area contributed by atoms with Crippen LogP contribution in [0.1, 0.15) is 19.3 Å². The van der Waals surface area contributed by atoms with E-state index in [0.29, 0.717) is 12.8 Å². The van der Waals surface area contributed by atoms with Crippen molar-refractivity contribution in [3.05, 3.63) is 0 Å². The van der Waals surface area contributed by atoms with Gasteiger partial charge in [0.15, 0.2) is 0 Å². The van der Waals surface area contributed by atoms with Gasteiger partial charge in [0.05, 0.1) is 0 Å². The van der Waals surface area contributed by atoms with Crippen LogP contribution in [0.2, 0.25) is 0 Å². The standard InChI is InChI=1S/C11H18N2O3/c1-12-6-3-8(7-12)13(2)9(14)11(4-5-11)10(15)16/h8H,3-7H2,1-2H3,(H,15,16). The molecule has 5 nitrogen and oxygen atoms in total. The highest BCUT2D eigenvalue weighted by molar-refractivity contribution is 6.04. The Bertz CT molecular complexity index is 325. The molecule has 0 aromatic rings. The van der Waals surface area contributed by atoms with E-state index < -0.39 is 11.4 Å². The number of carbonyl (C=O) groups is 2. The van der Waals surface area contributed by atoms with Gasteiger partial charge >= 0.3 is 5.97 Å². The first-order valence-electron chi connectivity index (χ1n) is 5.66. The Hall–Kier alpha value is -1.10. The first kappa shape index (κ1) is 11.4. The van der Waals surface area contributed by atoms with E-state index in [1.807, 2.05) is 7.05 Å². The molecule has 0 radical (unpaired) electrons. The SMILES string of the molecule is CN1CCC(N(C)C(=O)C2(C(=O)O)CC2)C1. The van der Waals surface area contributed by atoms with Crippen molar-refractivity contribution in [2.75, 3.05) is 27.2 Å². The van der Waals surface area contributed by atoms with Gasteiger partial charge in [-0.3, -0.25) is 9.59 Å². The molecule has 1 saturated carbocycles. The molecule has 1 heterocycles. The number of carboxylic acid groups (broad SMARTS) is 1. The molecule has 90 valence electrons. The Morgan fingerprint density at radius 3 is 2.44 bits per heavy atom. The van der Waals surface area contributed by atoms with Gasteiger partial charge in [0.25, 0.3) is 0 Å². The first-order valence-corrected chi connectivity index (χ1v) is 5.66. The van der Waals surface area contributed by atoms with Gasteiger partial charge in [-0.05, 0) is 32.9 Å². The molecule has 1 aliphatic heterocycles. The van der Waals surface area contributed by atoms with Gasteiger partial charge in [-0.25, -0.2) is 0 Å². The molecule has 1 N–H and O–H groups in total. The van der Waals surface area contributed by atoms with Crippen LogP contribution in [0.4, 0.5) is 0 Å². The Balaban J connectivity index is 2.02. The van der Waals surface area contributed by atoms with Crippen LogP contribution in [0.3, 0.4) is 0 Å². The third kappa shape index (κ3) is 1.69. The minimum absolute atomic E-state index is 0.175. The van der Waals surface area contributed by atoms with Crippen LogP contribution in [0.5, 0.6) is 0 Å². The van der Waals surface area contributed by atoms with Crippen LogP contribution < -0.4 is 0 Å². The lowest BCUT2D eigenvalue weighted by molar-refractivity contribution is -0.153. The fourth-order valence-electron chi connectivity index (χ4n) is 2.38. The molecule has 0 aromatic heterocycles. The van der Waals surface area contributed by atoms with E-state index in [1.54, 1.807) is 11.9 Å². The van der Waals surface area contributed by atoms with Gasteiger partial charge in [-0.15, -0.1) is 0 Å². The van der Waals surface area contributed by atoms with Crippen molar-refractivity contribution in [3.8, 4) is 0 Å². The van der Waals surface area contributed by atoms with Crippen LogP contribution in [-0.2, 0) is 9.59 Å².